The number of aryl methyl sites for hydroxylation is 2. The summed E-state index contributed by atoms with van der Waals surface area (Å²) in [4.78, 5) is 12.1. The molecular weight excluding hydrogens is 422 g/mol. The van der Waals surface area contributed by atoms with Gasteiger partial charge in [0.05, 0.1) is 5.75 Å². The summed E-state index contributed by atoms with van der Waals surface area (Å²) in [6.45, 7) is 8.34. The molecular formula is C22H24ClN3O3S. The Kier molecular flexibility index (Phi) is 7.39. The van der Waals surface area contributed by atoms with Gasteiger partial charge in [-0.2, -0.15) is 0 Å². The van der Waals surface area contributed by atoms with Crippen LogP contribution in [0.1, 0.15) is 42.3 Å². The van der Waals surface area contributed by atoms with Gasteiger partial charge >= 0.3 is 0 Å². The van der Waals surface area contributed by atoms with E-state index in [2.05, 4.69) is 41.5 Å². The summed E-state index contributed by atoms with van der Waals surface area (Å²) in [5.74, 6) is 1.48. The number of amides is 1. The first-order valence-electron chi connectivity index (χ1n) is 9.56. The van der Waals surface area contributed by atoms with E-state index in [1.54, 1.807) is 6.07 Å². The van der Waals surface area contributed by atoms with Crippen LogP contribution in [-0.2, 0) is 11.4 Å². The van der Waals surface area contributed by atoms with E-state index in [1.807, 2.05) is 32.0 Å². The van der Waals surface area contributed by atoms with Crippen molar-refractivity contribution in [2.24, 2.45) is 0 Å². The highest BCUT2D eigenvalue weighted by atomic mass is 35.5. The molecule has 1 N–H and O–H groups in total. The number of anilines is 1. The smallest absolute Gasteiger partial charge is 0.277 e. The standard InChI is InChI=1S/C22H24ClN3O3S/c1-13(2)17-8-5-14(3)9-19(17)28-11-21-25-26-22(29-21)30-12-20(27)24-16-7-6-15(4)18(23)10-16/h5-10,13H,11-12H2,1-4H3,(H,24,27). The molecule has 0 aliphatic heterocycles. The molecule has 1 amide bonds. The van der Waals surface area contributed by atoms with Gasteiger partial charge in [-0.25, -0.2) is 0 Å². The van der Waals surface area contributed by atoms with Crippen LogP contribution in [0.2, 0.25) is 5.02 Å². The minimum absolute atomic E-state index is 0.142. The maximum Gasteiger partial charge on any atom is 0.277 e. The van der Waals surface area contributed by atoms with Gasteiger partial charge in [0.15, 0.2) is 6.61 Å². The zero-order valence-corrected chi connectivity index (χ0v) is 18.9. The number of hydrogen-bond donors (Lipinski definition) is 1. The number of carbonyl (C=O) groups is 1. The first-order chi connectivity index (χ1) is 14.3. The number of ether oxygens (including phenoxy) is 1. The number of thioether (sulfide) groups is 1. The van der Waals surface area contributed by atoms with Crippen molar-refractivity contribution >= 4 is 35.0 Å². The van der Waals surface area contributed by atoms with Gasteiger partial charge in [-0.1, -0.05) is 55.4 Å². The lowest BCUT2D eigenvalue weighted by Gasteiger charge is -2.13. The van der Waals surface area contributed by atoms with Crippen molar-refractivity contribution in [3.8, 4) is 5.75 Å². The molecule has 30 heavy (non-hydrogen) atoms. The Morgan fingerprint density at radius 3 is 2.73 bits per heavy atom. The monoisotopic (exact) mass is 445 g/mol. The number of aromatic nitrogens is 2. The number of nitrogens with zero attached hydrogens (tertiary/aromatic N) is 2. The molecule has 0 aliphatic carbocycles. The van der Waals surface area contributed by atoms with Crippen LogP contribution in [0.3, 0.4) is 0 Å². The second-order valence-corrected chi connectivity index (χ2v) is 8.58. The summed E-state index contributed by atoms with van der Waals surface area (Å²) in [7, 11) is 0. The predicted molar refractivity (Wildman–Crippen MR) is 119 cm³/mol. The summed E-state index contributed by atoms with van der Waals surface area (Å²) < 4.78 is 11.5. The Labute approximate surface area is 185 Å². The van der Waals surface area contributed by atoms with Crippen molar-refractivity contribution in [1.29, 1.82) is 0 Å². The molecule has 0 atom stereocenters. The molecule has 1 aromatic heterocycles. The summed E-state index contributed by atoms with van der Waals surface area (Å²) in [5.41, 5.74) is 3.85. The molecule has 158 valence electrons. The second kappa shape index (κ2) is 10.00. The van der Waals surface area contributed by atoms with Crippen molar-refractivity contribution in [2.45, 2.75) is 45.4 Å². The minimum Gasteiger partial charge on any atom is -0.484 e. The van der Waals surface area contributed by atoms with E-state index >= 15 is 0 Å². The summed E-state index contributed by atoms with van der Waals surface area (Å²) in [6, 6.07) is 11.5. The number of nitrogens with one attached hydrogen (secondary N) is 1. The van der Waals surface area contributed by atoms with E-state index in [1.165, 1.54) is 11.8 Å². The molecule has 0 saturated heterocycles. The summed E-state index contributed by atoms with van der Waals surface area (Å²) in [5, 5.41) is 11.7. The third-order valence-corrected chi connectivity index (χ3v) is 5.60. The van der Waals surface area contributed by atoms with Crippen molar-refractivity contribution in [3.05, 3.63) is 64.0 Å². The Hall–Kier alpha value is -2.51. The highest BCUT2D eigenvalue weighted by molar-refractivity contribution is 7.99. The van der Waals surface area contributed by atoms with Crippen LogP contribution < -0.4 is 10.1 Å². The van der Waals surface area contributed by atoms with Crippen LogP contribution in [0.15, 0.2) is 46.0 Å². The maximum absolute atomic E-state index is 12.1. The number of carbonyl (C=O) groups excluding carboxylic acids is 1. The lowest BCUT2D eigenvalue weighted by atomic mass is 10.0. The van der Waals surface area contributed by atoms with Gasteiger partial charge in [-0.15, -0.1) is 10.2 Å². The number of hydrogen-bond acceptors (Lipinski definition) is 6. The van der Waals surface area contributed by atoms with Gasteiger partial charge in [-0.3, -0.25) is 4.79 Å². The fourth-order valence-electron chi connectivity index (χ4n) is 2.73. The van der Waals surface area contributed by atoms with E-state index in [9.17, 15) is 4.79 Å². The van der Waals surface area contributed by atoms with Crippen LogP contribution in [0, 0.1) is 13.8 Å². The van der Waals surface area contributed by atoms with E-state index < -0.39 is 0 Å². The van der Waals surface area contributed by atoms with E-state index in [4.69, 9.17) is 20.8 Å². The molecule has 0 unspecified atom stereocenters. The van der Waals surface area contributed by atoms with Gasteiger partial charge in [0.2, 0.25) is 5.91 Å². The molecule has 0 saturated carbocycles. The molecule has 3 aromatic rings. The summed E-state index contributed by atoms with van der Waals surface area (Å²) in [6.07, 6.45) is 0. The molecule has 0 aliphatic rings. The van der Waals surface area contributed by atoms with Crippen LogP contribution in [0.5, 0.6) is 5.75 Å². The van der Waals surface area contributed by atoms with E-state index in [-0.39, 0.29) is 18.3 Å². The van der Waals surface area contributed by atoms with Gasteiger partial charge in [0.1, 0.15) is 5.75 Å². The minimum atomic E-state index is -0.183. The van der Waals surface area contributed by atoms with Crippen molar-refractivity contribution in [3.63, 3.8) is 0 Å². The SMILES string of the molecule is Cc1ccc(C(C)C)c(OCc2nnc(SCC(=O)Nc3ccc(C)c(Cl)c3)o2)c1. The average Bonchev–Trinajstić information content (AvgIpc) is 3.15. The predicted octanol–water partition coefficient (Wildman–Crippen LogP) is 5.77. The number of rotatable bonds is 8. The number of benzene rings is 2. The fraction of sp³-hybridized carbons (Fsp3) is 0.318. The van der Waals surface area contributed by atoms with E-state index in [0.717, 1.165) is 22.4 Å². The lowest BCUT2D eigenvalue weighted by Crippen LogP contribution is -2.14. The third-order valence-electron chi connectivity index (χ3n) is 4.37. The fourth-order valence-corrected chi connectivity index (χ4v) is 3.49. The molecule has 0 radical (unpaired) electrons. The molecule has 6 nitrogen and oxygen atoms in total. The molecule has 0 spiro atoms. The van der Waals surface area contributed by atoms with Crippen LogP contribution in [0.4, 0.5) is 5.69 Å². The molecule has 0 fully saturated rings. The zero-order chi connectivity index (χ0) is 21.7. The molecule has 8 heteroatoms. The molecule has 2 aromatic carbocycles. The van der Waals surface area contributed by atoms with Gasteiger partial charge in [-0.05, 0) is 54.7 Å². The molecule has 0 bridgehead atoms. The van der Waals surface area contributed by atoms with Crippen molar-refractivity contribution in [2.75, 3.05) is 11.1 Å². The normalized spacial score (nSPS) is 11.0. The van der Waals surface area contributed by atoms with Crippen LogP contribution in [0.25, 0.3) is 0 Å². The Balaban J connectivity index is 1.52. The Bertz CT molecular complexity index is 1040. The first-order valence-corrected chi connectivity index (χ1v) is 10.9. The van der Waals surface area contributed by atoms with Gasteiger partial charge < -0.3 is 14.5 Å². The number of halogens is 1. The van der Waals surface area contributed by atoms with E-state index in [0.29, 0.717) is 27.7 Å². The highest BCUT2D eigenvalue weighted by Crippen LogP contribution is 2.28. The lowest BCUT2D eigenvalue weighted by molar-refractivity contribution is -0.113. The highest BCUT2D eigenvalue weighted by Gasteiger charge is 2.13. The third kappa shape index (κ3) is 6.00. The largest absolute Gasteiger partial charge is 0.484 e. The maximum atomic E-state index is 12.1. The Morgan fingerprint density at radius 2 is 2.00 bits per heavy atom. The summed E-state index contributed by atoms with van der Waals surface area (Å²) >= 11 is 7.25. The van der Waals surface area contributed by atoms with Crippen LogP contribution in [-0.4, -0.2) is 21.9 Å². The first kappa shape index (κ1) is 22.2. The second-order valence-electron chi connectivity index (χ2n) is 7.25. The van der Waals surface area contributed by atoms with Crippen molar-refractivity contribution < 1.29 is 13.9 Å². The molecule has 1 heterocycles. The van der Waals surface area contributed by atoms with Gasteiger partial charge in [0, 0.05) is 10.7 Å². The zero-order valence-electron chi connectivity index (χ0n) is 17.4. The van der Waals surface area contributed by atoms with Crippen LogP contribution >= 0.6 is 23.4 Å². The quantitative estimate of drug-likeness (QED) is 0.443. The topological polar surface area (TPSA) is 77.2 Å². The molecule has 3 rings (SSSR count). The average molecular weight is 446 g/mol. The van der Waals surface area contributed by atoms with Crippen molar-refractivity contribution in [1.82, 2.24) is 10.2 Å². The van der Waals surface area contributed by atoms with Gasteiger partial charge in [0.25, 0.3) is 11.1 Å². The Morgan fingerprint density at radius 1 is 1.20 bits per heavy atom.